The molecule has 0 aliphatic heterocycles. The molecule has 0 aromatic heterocycles. The molecule has 0 amide bonds. The molecule has 0 saturated heterocycles. The molecule has 0 aromatic rings. The zero-order valence-electron chi connectivity index (χ0n) is 8.19. The quantitative estimate of drug-likeness (QED) is 0.471. The Bertz CT molecular complexity index is 177. The summed E-state index contributed by atoms with van der Waals surface area (Å²) in [5.74, 6) is 0. The third-order valence-corrected chi connectivity index (χ3v) is 1.88. The van der Waals surface area contributed by atoms with E-state index >= 15 is 0 Å². The first-order valence-electron chi connectivity index (χ1n) is 4.41. The van der Waals surface area contributed by atoms with Crippen molar-refractivity contribution in [3.8, 4) is 0 Å². The average Bonchev–Trinajstić information content (AvgIpc) is 2.11. The van der Waals surface area contributed by atoms with Gasteiger partial charge in [0.2, 0.25) is 0 Å². The van der Waals surface area contributed by atoms with Crippen LogP contribution in [0.2, 0.25) is 0 Å². The Labute approximate surface area is 75.9 Å². The molecule has 0 rings (SSSR count). The van der Waals surface area contributed by atoms with Crippen LogP contribution < -0.4 is 5.32 Å². The number of allylic oxidation sites excluding steroid dienone is 3. The summed E-state index contributed by atoms with van der Waals surface area (Å²) in [6.07, 6.45) is 4.83. The fourth-order valence-electron chi connectivity index (χ4n) is 0.991. The van der Waals surface area contributed by atoms with Crippen LogP contribution in [0.1, 0.15) is 20.3 Å². The standard InChI is InChI=1S/C11H19N/c1-5-10(4)11(6-2)8-9-12-7-3/h5-6,12H,1-2,7-9H2,3-4H3/b11-10+. The monoisotopic (exact) mass is 165 g/mol. The summed E-state index contributed by atoms with van der Waals surface area (Å²) in [5.41, 5.74) is 2.51. The van der Waals surface area contributed by atoms with Gasteiger partial charge in [-0.2, -0.15) is 0 Å². The lowest BCUT2D eigenvalue weighted by molar-refractivity contribution is 0.716. The fourth-order valence-corrected chi connectivity index (χ4v) is 0.991. The summed E-state index contributed by atoms with van der Waals surface area (Å²) in [5, 5.41) is 3.28. The maximum atomic E-state index is 3.78. The molecule has 0 saturated carbocycles. The molecule has 0 bridgehead atoms. The maximum Gasteiger partial charge on any atom is -0.000837 e. The van der Waals surface area contributed by atoms with E-state index in [1.54, 1.807) is 0 Å². The van der Waals surface area contributed by atoms with Crippen LogP contribution in [0, 0.1) is 0 Å². The Morgan fingerprint density at radius 1 is 1.33 bits per heavy atom. The lowest BCUT2D eigenvalue weighted by atomic mass is 10.1. The van der Waals surface area contributed by atoms with Crippen LogP contribution in [0.4, 0.5) is 0 Å². The van der Waals surface area contributed by atoms with Crippen molar-refractivity contribution in [3.63, 3.8) is 0 Å². The van der Waals surface area contributed by atoms with E-state index in [1.807, 2.05) is 12.2 Å². The largest absolute Gasteiger partial charge is 0.317 e. The number of rotatable bonds is 6. The Kier molecular flexibility index (Phi) is 6.39. The highest BCUT2D eigenvalue weighted by molar-refractivity contribution is 5.29. The SMILES string of the molecule is C=C/C(C)=C(\C=C)CCNCC. The highest BCUT2D eigenvalue weighted by atomic mass is 14.8. The van der Waals surface area contributed by atoms with Gasteiger partial charge in [0.15, 0.2) is 0 Å². The van der Waals surface area contributed by atoms with Crippen molar-refractivity contribution in [2.24, 2.45) is 0 Å². The lowest BCUT2D eigenvalue weighted by Crippen LogP contribution is -2.14. The molecule has 0 unspecified atom stereocenters. The molecule has 0 aromatic carbocycles. The molecule has 0 atom stereocenters. The summed E-state index contributed by atoms with van der Waals surface area (Å²) in [7, 11) is 0. The van der Waals surface area contributed by atoms with Gasteiger partial charge in [-0.15, -0.1) is 0 Å². The van der Waals surface area contributed by atoms with Crippen molar-refractivity contribution >= 4 is 0 Å². The van der Waals surface area contributed by atoms with Gasteiger partial charge in [-0.3, -0.25) is 0 Å². The molecule has 0 heterocycles. The van der Waals surface area contributed by atoms with Gasteiger partial charge in [-0.05, 0) is 37.6 Å². The maximum absolute atomic E-state index is 3.78. The molecule has 0 fully saturated rings. The third kappa shape index (κ3) is 4.14. The van der Waals surface area contributed by atoms with E-state index in [0.717, 1.165) is 19.5 Å². The van der Waals surface area contributed by atoms with Crippen molar-refractivity contribution in [2.45, 2.75) is 20.3 Å². The first kappa shape index (κ1) is 11.2. The van der Waals surface area contributed by atoms with Gasteiger partial charge in [0.05, 0.1) is 0 Å². The fraction of sp³-hybridized carbons (Fsp3) is 0.455. The van der Waals surface area contributed by atoms with Gasteiger partial charge < -0.3 is 5.32 Å². The van der Waals surface area contributed by atoms with E-state index in [-0.39, 0.29) is 0 Å². The molecule has 0 radical (unpaired) electrons. The van der Waals surface area contributed by atoms with Crippen molar-refractivity contribution in [3.05, 3.63) is 36.5 Å². The zero-order chi connectivity index (χ0) is 9.40. The van der Waals surface area contributed by atoms with Gasteiger partial charge in [-0.1, -0.05) is 32.2 Å². The van der Waals surface area contributed by atoms with Gasteiger partial charge in [-0.25, -0.2) is 0 Å². The van der Waals surface area contributed by atoms with Gasteiger partial charge >= 0.3 is 0 Å². The van der Waals surface area contributed by atoms with Crippen LogP contribution in [0.5, 0.6) is 0 Å². The molecule has 0 aliphatic carbocycles. The molecule has 0 aliphatic rings. The average molecular weight is 165 g/mol. The van der Waals surface area contributed by atoms with Crippen molar-refractivity contribution in [1.29, 1.82) is 0 Å². The first-order chi connectivity index (χ1) is 5.76. The molecular formula is C11H19N. The minimum Gasteiger partial charge on any atom is -0.317 e. The van der Waals surface area contributed by atoms with E-state index < -0.39 is 0 Å². The van der Waals surface area contributed by atoms with Crippen molar-refractivity contribution < 1.29 is 0 Å². The number of hydrogen-bond acceptors (Lipinski definition) is 1. The number of nitrogens with one attached hydrogen (secondary N) is 1. The van der Waals surface area contributed by atoms with Crippen LogP contribution >= 0.6 is 0 Å². The predicted octanol–water partition coefficient (Wildman–Crippen LogP) is 2.67. The molecule has 1 N–H and O–H groups in total. The zero-order valence-corrected chi connectivity index (χ0v) is 8.19. The predicted molar refractivity (Wildman–Crippen MR) is 56.3 cm³/mol. The van der Waals surface area contributed by atoms with Crippen LogP contribution in [-0.4, -0.2) is 13.1 Å². The van der Waals surface area contributed by atoms with E-state index in [2.05, 4.69) is 32.3 Å². The second kappa shape index (κ2) is 6.86. The van der Waals surface area contributed by atoms with Crippen molar-refractivity contribution in [1.82, 2.24) is 5.32 Å². The summed E-state index contributed by atoms with van der Waals surface area (Å²) in [4.78, 5) is 0. The van der Waals surface area contributed by atoms with E-state index in [1.165, 1.54) is 11.1 Å². The second-order valence-corrected chi connectivity index (χ2v) is 2.72. The molecule has 68 valence electrons. The van der Waals surface area contributed by atoms with Crippen LogP contribution in [0.15, 0.2) is 36.5 Å². The molecule has 1 nitrogen and oxygen atoms in total. The summed E-state index contributed by atoms with van der Waals surface area (Å²) < 4.78 is 0. The normalized spacial score (nSPS) is 12.2. The van der Waals surface area contributed by atoms with E-state index in [0.29, 0.717) is 0 Å². The van der Waals surface area contributed by atoms with Crippen molar-refractivity contribution in [2.75, 3.05) is 13.1 Å². The van der Waals surface area contributed by atoms with E-state index in [4.69, 9.17) is 0 Å². The Balaban J connectivity index is 3.99. The Hall–Kier alpha value is -0.820. The number of hydrogen-bond donors (Lipinski definition) is 1. The molecular weight excluding hydrogens is 146 g/mol. The molecule has 1 heteroatoms. The Morgan fingerprint density at radius 2 is 2.00 bits per heavy atom. The molecule has 12 heavy (non-hydrogen) atoms. The summed E-state index contributed by atoms with van der Waals surface area (Å²) in [6, 6.07) is 0. The van der Waals surface area contributed by atoms with Crippen LogP contribution in [0.25, 0.3) is 0 Å². The lowest BCUT2D eigenvalue weighted by Gasteiger charge is -2.05. The van der Waals surface area contributed by atoms with E-state index in [9.17, 15) is 0 Å². The molecule has 0 spiro atoms. The smallest absolute Gasteiger partial charge is 0.000837 e. The first-order valence-corrected chi connectivity index (χ1v) is 4.41. The minimum atomic E-state index is 1.02. The minimum absolute atomic E-state index is 1.02. The highest BCUT2D eigenvalue weighted by Gasteiger charge is 1.94. The van der Waals surface area contributed by atoms with Gasteiger partial charge in [0, 0.05) is 0 Å². The Morgan fingerprint density at radius 3 is 2.42 bits per heavy atom. The topological polar surface area (TPSA) is 12.0 Å². The second-order valence-electron chi connectivity index (χ2n) is 2.72. The van der Waals surface area contributed by atoms with Crippen LogP contribution in [0.3, 0.4) is 0 Å². The van der Waals surface area contributed by atoms with Gasteiger partial charge in [0.25, 0.3) is 0 Å². The summed E-state index contributed by atoms with van der Waals surface area (Å²) >= 11 is 0. The third-order valence-electron chi connectivity index (χ3n) is 1.88. The summed E-state index contributed by atoms with van der Waals surface area (Å²) in [6.45, 7) is 13.7. The van der Waals surface area contributed by atoms with Crippen LogP contribution in [-0.2, 0) is 0 Å². The van der Waals surface area contributed by atoms with Gasteiger partial charge in [0.1, 0.15) is 0 Å². The highest BCUT2D eigenvalue weighted by Crippen LogP contribution is 2.09.